The highest BCUT2D eigenvalue weighted by atomic mass is 35.5. The van der Waals surface area contributed by atoms with Crippen molar-refractivity contribution in [3.8, 4) is 0 Å². The van der Waals surface area contributed by atoms with Gasteiger partial charge in [0.2, 0.25) is 5.91 Å². The molecule has 0 bridgehead atoms. The Morgan fingerprint density at radius 1 is 1.23 bits per heavy atom. The van der Waals surface area contributed by atoms with Gasteiger partial charge in [-0.1, -0.05) is 35.5 Å². The molecule has 0 saturated carbocycles. The topological polar surface area (TPSA) is 90.1 Å². The lowest BCUT2D eigenvalue weighted by molar-refractivity contribution is -0.385. The summed E-state index contributed by atoms with van der Waals surface area (Å²) >= 11 is 7.39. The van der Waals surface area contributed by atoms with Gasteiger partial charge < -0.3 is 5.32 Å². The number of anilines is 1. The quantitative estimate of drug-likeness (QED) is 0.504. The molecule has 3 rings (SSSR count). The molecule has 0 spiro atoms. The van der Waals surface area contributed by atoms with Crippen molar-refractivity contribution in [2.24, 2.45) is 0 Å². The van der Waals surface area contributed by atoms with E-state index in [9.17, 15) is 14.9 Å². The van der Waals surface area contributed by atoms with Crippen LogP contribution in [0.1, 0.15) is 0 Å². The molecule has 1 aromatic heterocycles. The van der Waals surface area contributed by atoms with Gasteiger partial charge in [0.05, 0.1) is 10.6 Å². The fraction of sp³-hybridized carbons (Fsp3) is 0.0588. The highest BCUT2D eigenvalue weighted by Crippen LogP contribution is 2.33. The van der Waals surface area contributed by atoms with Crippen LogP contribution in [0.25, 0.3) is 0 Å². The van der Waals surface area contributed by atoms with Crippen LogP contribution >= 0.6 is 23.4 Å². The maximum absolute atomic E-state index is 12.2. The van der Waals surface area contributed by atoms with Gasteiger partial charge in [0, 0.05) is 14.8 Å². The summed E-state index contributed by atoms with van der Waals surface area (Å²) in [7, 11) is 0. The fourth-order valence-corrected chi connectivity index (χ4v) is 3.19. The molecule has 0 fully saturated rings. The van der Waals surface area contributed by atoms with Gasteiger partial charge in [-0.2, -0.15) is 5.10 Å². The maximum atomic E-state index is 12.2. The molecule has 0 unspecified atom stereocenters. The summed E-state index contributed by atoms with van der Waals surface area (Å²) in [5, 5.41) is 18.0. The zero-order valence-electron chi connectivity index (χ0n) is 13.3. The van der Waals surface area contributed by atoms with Gasteiger partial charge in [-0.25, -0.2) is 0 Å². The van der Waals surface area contributed by atoms with E-state index in [0.29, 0.717) is 10.7 Å². The largest absolute Gasteiger partial charge is 0.323 e. The Balaban J connectivity index is 1.69. The van der Waals surface area contributed by atoms with Crippen LogP contribution in [-0.2, 0) is 11.3 Å². The first-order chi connectivity index (χ1) is 12.5. The fourth-order valence-electron chi connectivity index (χ4n) is 2.16. The van der Waals surface area contributed by atoms with E-state index in [4.69, 9.17) is 11.6 Å². The van der Waals surface area contributed by atoms with Crippen molar-refractivity contribution >= 4 is 40.6 Å². The van der Waals surface area contributed by atoms with Crippen LogP contribution in [0.15, 0.2) is 70.7 Å². The number of hydrogen-bond donors (Lipinski definition) is 1. The molecule has 7 nitrogen and oxygen atoms in total. The molecule has 0 aliphatic heterocycles. The number of nitrogens with zero attached hydrogens (tertiary/aromatic N) is 3. The molecule has 132 valence electrons. The van der Waals surface area contributed by atoms with E-state index in [1.54, 1.807) is 18.2 Å². The molecule has 2 aromatic carbocycles. The number of carbonyl (C=O) groups excluding carboxylic acids is 1. The monoisotopic (exact) mass is 388 g/mol. The van der Waals surface area contributed by atoms with E-state index in [1.165, 1.54) is 22.6 Å². The van der Waals surface area contributed by atoms with Crippen LogP contribution in [0.3, 0.4) is 0 Å². The number of benzene rings is 2. The average molecular weight is 389 g/mol. The van der Waals surface area contributed by atoms with Crippen molar-refractivity contribution in [1.82, 2.24) is 9.78 Å². The van der Waals surface area contributed by atoms with Gasteiger partial charge in [-0.15, -0.1) is 0 Å². The van der Waals surface area contributed by atoms with Gasteiger partial charge >= 0.3 is 5.69 Å². The van der Waals surface area contributed by atoms with Gasteiger partial charge in [0.1, 0.15) is 18.9 Å². The number of hydrogen-bond acceptors (Lipinski definition) is 5. The molecule has 0 aliphatic carbocycles. The van der Waals surface area contributed by atoms with Crippen molar-refractivity contribution in [2.75, 3.05) is 5.32 Å². The average Bonchev–Trinajstić information content (AvgIpc) is 3.07. The van der Waals surface area contributed by atoms with E-state index in [1.807, 2.05) is 30.3 Å². The summed E-state index contributed by atoms with van der Waals surface area (Å²) in [5.41, 5.74) is 0.496. The summed E-state index contributed by atoms with van der Waals surface area (Å²) in [5.74, 6) is -0.327. The third kappa shape index (κ3) is 4.62. The maximum Gasteiger partial charge on any atom is 0.307 e. The second kappa shape index (κ2) is 8.03. The Morgan fingerprint density at radius 2 is 1.96 bits per heavy atom. The second-order valence-corrected chi connectivity index (χ2v) is 6.81. The van der Waals surface area contributed by atoms with Crippen molar-refractivity contribution in [3.05, 3.63) is 76.1 Å². The Hall–Kier alpha value is -2.84. The van der Waals surface area contributed by atoms with Gasteiger partial charge in [-0.05, 0) is 36.4 Å². The molecule has 0 aliphatic rings. The summed E-state index contributed by atoms with van der Waals surface area (Å²) < 4.78 is 1.22. The third-order valence-electron chi connectivity index (χ3n) is 3.34. The van der Waals surface area contributed by atoms with E-state index in [0.717, 1.165) is 16.0 Å². The first-order valence-electron chi connectivity index (χ1n) is 7.50. The number of halogens is 1. The lowest BCUT2D eigenvalue weighted by Crippen LogP contribution is -2.19. The van der Waals surface area contributed by atoms with Gasteiger partial charge in [0.25, 0.3) is 0 Å². The Morgan fingerprint density at radius 3 is 2.65 bits per heavy atom. The first kappa shape index (κ1) is 18.0. The molecule has 1 heterocycles. The number of carbonyl (C=O) groups is 1. The minimum atomic E-state index is -0.556. The zero-order valence-corrected chi connectivity index (χ0v) is 14.9. The van der Waals surface area contributed by atoms with E-state index >= 15 is 0 Å². The standard InChI is InChI=1S/C17H13ClN4O3S/c18-12-5-7-14(8-6-12)26-16-4-2-1-3-15(16)20-17(23)11-21-10-13(9-19-21)22(24)25/h1-10H,11H2,(H,20,23). The predicted molar refractivity (Wildman–Crippen MR) is 99.5 cm³/mol. The van der Waals surface area contributed by atoms with Crippen LogP contribution in [0.5, 0.6) is 0 Å². The number of nitro groups is 1. The molecule has 0 atom stereocenters. The van der Waals surface area contributed by atoms with Crippen LogP contribution in [0.4, 0.5) is 11.4 Å². The molecule has 0 radical (unpaired) electrons. The molecule has 1 N–H and O–H groups in total. The Kier molecular flexibility index (Phi) is 5.55. The van der Waals surface area contributed by atoms with Gasteiger partial charge in [-0.3, -0.25) is 19.6 Å². The minimum Gasteiger partial charge on any atom is -0.323 e. The number of nitrogens with one attached hydrogen (secondary N) is 1. The van der Waals surface area contributed by atoms with Crippen LogP contribution in [0, 0.1) is 10.1 Å². The van der Waals surface area contributed by atoms with E-state index in [-0.39, 0.29) is 18.1 Å². The molecule has 9 heteroatoms. The highest BCUT2D eigenvalue weighted by molar-refractivity contribution is 7.99. The number of amides is 1. The summed E-state index contributed by atoms with van der Waals surface area (Å²) in [6, 6.07) is 14.8. The predicted octanol–water partition coefficient (Wildman–Crippen LogP) is 4.23. The van der Waals surface area contributed by atoms with Crippen molar-refractivity contribution < 1.29 is 9.72 Å². The summed E-state index contributed by atoms with van der Waals surface area (Å²) in [6.45, 7) is -0.117. The van der Waals surface area contributed by atoms with E-state index < -0.39 is 4.92 Å². The first-order valence-corrected chi connectivity index (χ1v) is 8.70. The summed E-state index contributed by atoms with van der Waals surface area (Å²) in [4.78, 5) is 24.2. The number of aromatic nitrogens is 2. The SMILES string of the molecule is O=C(Cn1cc([N+](=O)[O-])cn1)Nc1ccccc1Sc1ccc(Cl)cc1. The third-order valence-corrected chi connectivity index (χ3v) is 4.67. The summed E-state index contributed by atoms with van der Waals surface area (Å²) in [6.07, 6.45) is 2.32. The molecular formula is C17H13ClN4O3S. The lowest BCUT2D eigenvalue weighted by atomic mass is 10.3. The number of rotatable bonds is 6. The molecule has 3 aromatic rings. The Bertz CT molecular complexity index is 943. The van der Waals surface area contributed by atoms with Crippen molar-refractivity contribution in [1.29, 1.82) is 0 Å². The number of para-hydroxylation sites is 1. The van der Waals surface area contributed by atoms with Crippen molar-refractivity contribution in [2.45, 2.75) is 16.3 Å². The van der Waals surface area contributed by atoms with Crippen molar-refractivity contribution in [3.63, 3.8) is 0 Å². The minimum absolute atomic E-state index is 0.117. The normalized spacial score (nSPS) is 10.5. The smallest absolute Gasteiger partial charge is 0.307 e. The zero-order chi connectivity index (χ0) is 18.5. The van der Waals surface area contributed by atoms with Crippen LogP contribution in [0.2, 0.25) is 5.02 Å². The molecule has 26 heavy (non-hydrogen) atoms. The second-order valence-electron chi connectivity index (χ2n) is 5.25. The van der Waals surface area contributed by atoms with E-state index in [2.05, 4.69) is 10.4 Å². The lowest BCUT2D eigenvalue weighted by Gasteiger charge is -2.11. The van der Waals surface area contributed by atoms with Crippen LogP contribution < -0.4 is 5.32 Å². The molecule has 1 amide bonds. The van der Waals surface area contributed by atoms with Crippen LogP contribution in [-0.4, -0.2) is 20.6 Å². The Labute approximate surface area is 158 Å². The molecular weight excluding hydrogens is 376 g/mol. The van der Waals surface area contributed by atoms with Gasteiger partial charge in [0.15, 0.2) is 0 Å². The highest BCUT2D eigenvalue weighted by Gasteiger charge is 2.12. The molecule has 0 saturated heterocycles.